The Kier molecular flexibility index (Phi) is 7.22. The third-order valence-electron chi connectivity index (χ3n) is 3.45. The molecule has 6 heteroatoms. The number of carbonyl (C=O) groups excluding carboxylic acids is 2. The van der Waals surface area contributed by atoms with E-state index in [1.807, 2.05) is 13.8 Å². The van der Waals surface area contributed by atoms with E-state index in [1.165, 1.54) is 0 Å². The van der Waals surface area contributed by atoms with Crippen LogP contribution in [0.4, 0.5) is 4.79 Å². The van der Waals surface area contributed by atoms with Crippen molar-refractivity contribution in [2.24, 2.45) is 0 Å². The number of piperazine rings is 1. The molecular formula is C15H27N3O3. The van der Waals surface area contributed by atoms with Gasteiger partial charge in [-0.15, -0.1) is 0 Å². The second-order valence-corrected chi connectivity index (χ2v) is 5.33. The maximum absolute atomic E-state index is 12.2. The van der Waals surface area contributed by atoms with E-state index in [2.05, 4.69) is 11.5 Å². The minimum absolute atomic E-state index is 0.116. The van der Waals surface area contributed by atoms with Crippen LogP contribution in [0.1, 0.15) is 20.8 Å². The van der Waals surface area contributed by atoms with Crippen molar-refractivity contribution in [2.75, 3.05) is 52.4 Å². The van der Waals surface area contributed by atoms with Crippen molar-refractivity contribution in [3.8, 4) is 0 Å². The summed E-state index contributed by atoms with van der Waals surface area (Å²) in [5.74, 6) is 0.116. The summed E-state index contributed by atoms with van der Waals surface area (Å²) in [4.78, 5) is 29.4. The number of ether oxygens (including phenoxy) is 1. The van der Waals surface area contributed by atoms with Crippen molar-refractivity contribution >= 4 is 12.0 Å². The lowest BCUT2D eigenvalue weighted by molar-refractivity contribution is -0.132. The van der Waals surface area contributed by atoms with Crippen LogP contribution < -0.4 is 0 Å². The Morgan fingerprint density at radius 1 is 1.19 bits per heavy atom. The zero-order valence-corrected chi connectivity index (χ0v) is 13.4. The zero-order chi connectivity index (χ0) is 15.8. The summed E-state index contributed by atoms with van der Waals surface area (Å²) in [5.41, 5.74) is 0.984. The SMILES string of the molecule is C=C(C)CN(CC)C(=O)CN1CCN(C(=O)OCC)CC1. The molecule has 1 aliphatic heterocycles. The van der Waals surface area contributed by atoms with Crippen LogP contribution in [-0.2, 0) is 9.53 Å². The Labute approximate surface area is 127 Å². The smallest absolute Gasteiger partial charge is 0.409 e. The van der Waals surface area contributed by atoms with Crippen molar-refractivity contribution in [1.29, 1.82) is 0 Å². The van der Waals surface area contributed by atoms with Crippen LogP contribution >= 0.6 is 0 Å². The van der Waals surface area contributed by atoms with Crippen LogP contribution in [0.2, 0.25) is 0 Å². The number of hydrogen-bond donors (Lipinski definition) is 0. The number of nitrogens with zero attached hydrogens (tertiary/aromatic N) is 3. The Hall–Kier alpha value is -1.56. The molecule has 0 unspecified atom stereocenters. The fraction of sp³-hybridized carbons (Fsp3) is 0.733. The Balaban J connectivity index is 2.39. The van der Waals surface area contributed by atoms with Gasteiger partial charge in [-0.25, -0.2) is 4.79 Å². The fourth-order valence-electron chi connectivity index (χ4n) is 2.30. The van der Waals surface area contributed by atoms with Crippen molar-refractivity contribution in [3.63, 3.8) is 0 Å². The molecule has 1 heterocycles. The Morgan fingerprint density at radius 2 is 1.81 bits per heavy atom. The molecule has 0 saturated carbocycles. The van der Waals surface area contributed by atoms with Crippen molar-refractivity contribution in [3.05, 3.63) is 12.2 Å². The predicted octanol–water partition coefficient (Wildman–Crippen LogP) is 1.19. The first-order valence-corrected chi connectivity index (χ1v) is 7.54. The molecule has 0 spiro atoms. The lowest BCUT2D eigenvalue weighted by Gasteiger charge is -2.34. The number of rotatable bonds is 6. The summed E-state index contributed by atoms with van der Waals surface area (Å²) < 4.78 is 4.98. The lowest BCUT2D eigenvalue weighted by Crippen LogP contribution is -2.51. The number of carbonyl (C=O) groups is 2. The molecule has 0 radical (unpaired) electrons. The highest BCUT2D eigenvalue weighted by Gasteiger charge is 2.24. The maximum Gasteiger partial charge on any atom is 0.409 e. The number of hydrogen-bond acceptors (Lipinski definition) is 4. The van der Waals surface area contributed by atoms with Crippen molar-refractivity contribution in [2.45, 2.75) is 20.8 Å². The molecule has 1 rings (SSSR count). The first-order chi connectivity index (χ1) is 9.97. The molecule has 2 amide bonds. The summed E-state index contributed by atoms with van der Waals surface area (Å²) in [7, 11) is 0. The van der Waals surface area contributed by atoms with Crippen molar-refractivity contribution in [1.82, 2.24) is 14.7 Å². The van der Waals surface area contributed by atoms with Gasteiger partial charge >= 0.3 is 6.09 Å². The fourth-order valence-corrected chi connectivity index (χ4v) is 2.30. The first kappa shape index (κ1) is 17.5. The molecule has 0 aromatic heterocycles. The summed E-state index contributed by atoms with van der Waals surface area (Å²) >= 11 is 0. The van der Waals surface area contributed by atoms with Gasteiger partial charge in [0.05, 0.1) is 13.2 Å². The van der Waals surface area contributed by atoms with Gasteiger partial charge in [-0.3, -0.25) is 9.69 Å². The molecule has 1 aliphatic rings. The monoisotopic (exact) mass is 297 g/mol. The van der Waals surface area contributed by atoms with E-state index < -0.39 is 0 Å². The van der Waals surface area contributed by atoms with Crippen LogP contribution in [0, 0.1) is 0 Å². The van der Waals surface area contributed by atoms with Gasteiger partial charge in [-0.05, 0) is 20.8 Å². The van der Waals surface area contributed by atoms with Crippen LogP contribution in [0.5, 0.6) is 0 Å². The molecule has 0 atom stereocenters. The molecule has 0 aliphatic carbocycles. The van der Waals surface area contributed by atoms with Gasteiger partial charge in [0.1, 0.15) is 0 Å². The van der Waals surface area contributed by atoms with E-state index in [0.29, 0.717) is 52.4 Å². The van der Waals surface area contributed by atoms with E-state index in [9.17, 15) is 9.59 Å². The molecular weight excluding hydrogens is 270 g/mol. The van der Waals surface area contributed by atoms with Crippen LogP contribution in [0.3, 0.4) is 0 Å². The van der Waals surface area contributed by atoms with Crippen LogP contribution in [0.15, 0.2) is 12.2 Å². The van der Waals surface area contributed by atoms with Gasteiger partial charge in [-0.1, -0.05) is 12.2 Å². The number of likely N-dealkylation sites (N-methyl/N-ethyl adjacent to an activating group) is 1. The molecule has 0 aromatic rings. The first-order valence-electron chi connectivity index (χ1n) is 7.54. The maximum atomic E-state index is 12.2. The highest BCUT2D eigenvalue weighted by atomic mass is 16.6. The Bertz CT molecular complexity index is 376. The molecule has 0 N–H and O–H groups in total. The van der Waals surface area contributed by atoms with Gasteiger partial charge in [0, 0.05) is 39.3 Å². The van der Waals surface area contributed by atoms with Gasteiger partial charge in [-0.2, -0.15) is 0 Å². The summed E-state index contributed by atoms with van der Waals surface area (Å²) in [6.45, 7) is 14.3. The average molecular weight is 297 g/mol. The Morgan fingerprint density at radius 3 is 2.29 bits per heavy atom. The number of amides is 2. The van der Waals surface area contributed by atoms with E-state index in [0.717, 1.165) is 5.57 Å². The van der Waals surface area contributed by atoms with E-state index in [-0.39, 0.29) is 12.0 Å². The van der Waals surface area contributed by atoms with E-state index >= 15 is 0 Å². The molecule has 6 nitrogen and oxygen atoms in total. The van der Waals surface area contributed by atoms with Crippen molar-refractivity contribution < 1.29 is 14.3 Å². The van der Waals surface area contributed by atoms with Crippen LogP contribution in [-0.4, -0.2) is 79.1 Å². The molecule has 0 bridgehead atoms. The van der Waals surface area contributed by atoms with Gasteiger partial charge in [0.25, 0.3) is 0 Å². The third-order valence-corrected chi connectivity index (χ3v) is 3.45. The standard InChI is InChI=1S/C15H27N3O3/c1-5-17(11-13(3)4)14(19)12-16-7-9-18(10-8-16)15(20)21-6-2/h3,5-12H2,1-2,4H3. The van der Waals surface area contributed by atoms with Gasteiger partial charge in [0.2, 0.25) is 5.91 Å². The normalized spacial score (nSPS) is 15.7. The third kappa shape index (κ3) is 5.75. The van der Waals surface area contributed by atoms with Gasteiger partial charge in [0.15, 0.2) is 0 Å². The zero-order valence-electron chi connectivity index (χ0n) is 13.4. The molecule has 1 fully saturated rings. The van der Waals surface area contributed by atoms with E-state index in [4.69, 9.17) is 4.74 Å². The largest absolute Gasteiger partial charge is 0.450 e. The molecule has 0 aromatic carbocycles. The lowest BCUT2D eigenvalue weighted by atomic mass is 10.3. The van der Waals surface area contributed by atoms with E-state index in [1.54, 1.807) is 16.7 Å². The second-order valence-electron chi connectivity index (χ2n) is 5.33. The van der Waals surface area contributed by atoms with Crippen LogP contribution in [0.25, 0.3) is 0 Å². The molecule has 120 valence electrons. The highest BCUT2D eigenvalue weighted by Crippen LogP contribution is 2.05. The summed E-state index contributed by atoms with van der Waals surface area (Å²) in [6.07, 6.45) is -0.263. The minimum atomic E-state index is -0.263. The molecule has 21 heavy (non-hydrogen) atoms. The van der Waals surface area contributed by atoms with Gasteiger partial charge < -0.3 is 14.5 Å². The highest BCUT2D eigenvalue weighted by molar-refractivity contribution is 5.78. The minimum Gasteiger partial charge on any atom is -0.450 e. The molecule has 1 saturated heterocycles. The summed E-state index contributed by atoms with van der Waals surface area (Å²) in [5, 5.41) is 0. The average Bonchev–Trinajstić information content (AvgIpc) is 2.45. The summed E-state index contributed by atoms with van der Waals surface area (Å²) in [6, 6.07) is 0. The second kappa shape index (κ2) is 8.67. The predicted molar refractivity (Wildman–Crippen MR) is 82.1 cm³/mol. The topological polar surface area (TPSA) is 53.1 Å². The quantitative estimate of drug-likeness (QED) is 0.691.